The molecule has 0 aliphatic rings. The van der Waals surface area contributed by atoms with Gasteiger partial charge < -0.3 is 15.4 Å². The third-order valence-electron chi connectivity index (χ3n) is 3.67. The lowest BCUT2D eigenvalue weighted by atomic mass is 10.2. The van der Waals surface area contributed by atoms with Crippen LogP contribution in [-0.4, -0.2) is 35.9 Å². The molecule has 0 saturated heterocycles. The Balaban J connectivity index is 1.86. The number of non-ortho nitro benzene ring substituents is 1. The Morgan fingerprint density at radius 3 is 2.41 bits per heavy atom. The number of hydrogen-bond donors (Lipinski definition) is 2. The second-order valence-corrected chi connectivity index (χ2v) is 6.88. The lowest BCUT2D eigenvalue weighted by molar-refractivity contribution is -0.384. The van der Waals surface area contributed by atoms with Gasteiger partial charge in [0.25, 0.3) is 17.5 Å². The number of esters is 1. The number of halogens is 5. The molecule has 0 aromatic heterocycles. The predicted molar refractivity (Wildman–Crippen MR) is 106 cm³/mol. The number of ether oxygens (including phenoxy) is 1. The van der Waals surface area contributed by atoms with Crippen molar-refractivity contribution in [1.29, 1.82) is 0 Å². The van der Waals surface area contributed by atoms with E-state index in [0.717, 1.165) is 30.3 Å². The maximum absolute atomic E-state index is 12.8. The van der Waals surface area contributed by atoms with Gasteiger partial charge in [-0.3, -0.25) is 24.5 Å². The average molecular weight is 494 g/mol. The van der Waals surface area contributed by atoms with E-state index in [2.05, 4.69) is 15.4 Å². The number of anilines is 1. The van der Waals surface area contributed by atoms with Crippen molar-refractivity contribution in [2.75, 3.05) is 18.5 Å². The molecule has 9 nitrogen and oxygen atoms in total. The molecule has 0 spiro atoms. The lowest BCUT2D eigenvalue weighted by Crippen LogP contribution is -2.32. The summed E-state index contributed by atoms with van der Waals surface area (Å²) in [5.74, 6) is -2.85. The molecule has 0 fully saturated rings. The fourth-order valence-corrected chi connectivity index (χ4v) is 2.73. The minimum atomic E-state index is -4.73. The van der Waals surface area contributed by atoms with E-state index in [9.17, 15) is 37.7 Å². The van der Waals surface area contributed by atoms with Gasteiger partial charge in [0.1, 0.15) is 6.54 Å². The maximum atomic E-state index is 12.8. The lowest BCUT2D eigenvalue weighted by Gasteiger charge is -2.12. The van der Waals surface area contributed by atoms with Gasteiger partial charge in [-0.05, 0) is 24.3 Å². The predicted octanol–water partition coefficient (Wildman–Crippen LogP) is 3.83. The van der Waals surface area contributed by atoms with Crippen molar-refractivity contribution >= 4 is 52.4 Å². The molecule has 170 valence electrons. The standard InChI is InChI=1S/C18H12Cl2F3N3O6/c19-10-3-9(4-12(5-10)26(30)31)17(29)24-7-16(28)32-8-15(27)25-11-1-2-14(20)13(6-11)18(21,22)23/h1-6H,7-8H2,(H,24,29)(H,25,27). The number of nitro benzene ring substituents is 1. The van der Waals surface area contributed by atoms with Crippen LogP contribution in [0.15, 0.2) is 36.4 Å². The number of amides is 2. The minimum absolute atomic E-state index is 0.0699. The summed E-state index contributed by atoms with van der Waals surface area (Å²) in [5, 5.41) is 14.4. The van der Waals surface area contributed by atoms with Gasteiger partial charge >= 0.3 is 12.1 Å². The second-order valence-electron chi connectivity index (χ2n) is 6.04. The average Bonchev–Trinajstić information content (AvgIpc) is 2.70. The Bertz CT molecular complexity index is 1080. The maximum Gasteiger partial charge on any atom is 0.417 e. The Labute approximate surface area is 187 Å². The molecule has 14 heteroatoms. The smallest absolute Gasteiger partial charge is 0.417 e. The summed E-state index contributed by atoms with van der Waals surface area (Å²) in [6, 6.07) is 5.81. The fraction of sp³-hybridized carbons (Fsp3) is 0.167. The van der Waals surface area contributed by atoms with Crippen LogP contribution >= 0.6 is 23.2 Å². The first-order valence-electron chi connectivity index (χ1n) is 8.42. The van der Waals surface area contributed by atoms with Crippen LogP contribution in [0.25, 0.3) is 0 Å². The summed E-state index contributed by atoms with van der Waals surface area (Å²) < 4.78 is 43.1. The zero-order chi connectivity index (χ0) is 24.1. The van der Waals surface area contributed by atoms with Crippen molar-refractivity contribution < 1.29 is 37.2 Å². The van der Waals surface area contributed by atoms with Gasteiger partial charge in [0.2, 0.25) is 0 Å². The number of carbonyl (C=O) groups excluding carboxylic acids is 3. The summed E-state index contributed by atoms with van der Waals surface area (Å²) in [6.07, 6.45) is -4.73. The van der Waals surface area contributed by atoms with Gasteiger partial charge in [0.15, 0.2) is 6.61 Å². The van der Waals surface area contributed by atoms with E-state index in [0.29, 0.717) is 6.07 Å². The topological polar surface area (TPSA) is 128 Å². The summed E-state index contributed by atoms with van der Waals surface area (Å²) in [5.41, 5.74) is -1.99. The molecule has 2 N–H and O–H groups in total. The summed E-state index contributed by atoms with van der Waals surface area (Å²) >= 11 is 11.2. The number of carbonyl (C=O) groups is 3. The molecule has 0 atom stereocenters. The van der Waals surface area contributed by atoms with Crippen LogP contribution in [0.3, 0.4) is 0 Å². The van der Waals surface area contributed by atoms with Crippen LogP contribution in [-0.2, 0) is 20.5 Å². The highest BCUT2D eigenvalue weighted by molar-refractivity contribution is 6.31. The number of benzene rings is 2. The molecule has 32 heavy (non-hydrogen) atoms. The van der Waals surface area contributed by atoms with Crippen molar-refractivity contribution in [3.05, 3.63) is 67.7 Å². The van der Waals surface area contributed by atoms with Gasteiger partial charge in [-0.2, -0.15) is 13.2 Å². The Hall–Kier alpha value is -3.38. The van der Waals surface area contributed by atoms with E-state index in [1.807, 2.05) is 0 Å². The molecule has 0 radical (unpaired) electrons. The molecule has 0 heterocycles. The van der Waals surface area contributed by atoms with E-state index in [4.69, 9.17) is 23.2 Å². The first kappa shape index (κ1) is 24.9. The Kier molecular flexibility index (Phi) is 8.00. The monoisotopic (exact) mass is 493 g/mol. The quantitative estimate of drug-likeness (QED) is 0.342. The zero-order valence-corrected chi connectivity index (χ0v) is 17.2. The minimum Gasteiger partial charge on any atom is -0.454 e. The zero-order valence-electron chi connectivity index (χ0n) is 15.7. The van der Waals surface area contributed by atoms with Gasteiger partial charge in [-0.25, -0.2) is 0 Å². The molecule has 0 unspecified atom stereocenters. The van der Waals surface area contributed by atoms with Gasteiger partial charge in [0.05, 0.1) is 15.5 Å². The molecule has 2 aromatic carbocycles. The third kappa shape index (κ3) is 7.10. The van der Waals surface area contributed by atoms with Gasteiger partial charge in [-0.1, -0.05) is 23.2 Å². The second kappa shape index (κ2) is 10.3. The van der Waals surface area contributed by atoms with Crippen molar-refractivity contribution in [3.8, 4) is 0 Å². The van der Waals surface area contributed by atoms with Crippen LogP contribution in [0, 0.1) is 10.1 Å². The summed E-state index contributed by atoms with van der Waals surface area (Å²) in [6.45, 7) is -1.53. The van der Waals surface area contributed by atoms with Crippen molar-refractivity contribution in [3.63, 3.8) is 0 Å². The number of alkyl halides is 3. The number of nitrogens with one attached hydrogen (secondary N) is 2. The Morgan fingerprint density at radius 1 is 1.09 bits per heavy atom. The van der Waals surface area contributed by atoms with Crippen LogP contribution in [0.1, 0.15) is 15.9 Å². The highest BCUT2D eigenvalue weighted by atomic mass is 35.5. The van der Waals surface area contributed by atoms with E-state index in [1.54, 1.807) is 0 Å². The van der Waals surface area contributed by atoms with Crippen molar-refractivity contribution in [2.24, 2.45) is 0 Å². The molecule has 2 amide bonds. The van der Waals surface area contributed by atoms with E-state index in [1.165, 1.54) is 0 Å². The van der Waals surface area contributed by atoms with Crippen molar-refractivity contribution in [1.82, 2.24) is 5.32 Å². The normalized spacial score (nSPS) is 10.9. The molecular formula is C18H12Cl2F3N3O6. The van der Waals surface area contributed by atoms with Crippen LogP contribution in [0.4, 0.5) is 24.5 Å². The van der Waals surface area contributed by atoms with Crippen LogP contribution < -0.4 is 10.6 Å². The largest absolute Gasteiger partial charge is 0.454 e. The number of hydrogen-bond acceptors (Lipinski definition) is 6. The summed E-state index contributed by atoms with van der Waals surface area (Å²) in [7, 11) is 0. The van der Waals surface area contributed by atoms with Crippen molar-refractivity contribution in [2.45, 2.75) is 6.18 Å². The van der Waals surface area contributed by atoms with Crippen LogP contribution in [0.5, 0.6) is 0 Å². The molecule has 0 aliphatic heterocycles. The number of nitro groups is 1. The molecule has 2 rings (SSSR count). The van der Waals surface area contributed by atoms with Gasteiger partial charge in [-0.15, -0.1) is 0 Å². The molecular weight excluding hydrogens is 482 g/mol. The molecule has 0 saturated carbocycles. The van der Waals surface area contributed by atoms with E-state index in [-0.39, 0.29) is 16.3 Å². The number of nitrogens with zero attached hydrogens (tertiary/aromatic N) is 1. The molecule has 0 aliphatic carbocycles. The third-order valence-corrected chi connectivity index (χ3v) is 4.22. The van der Waals surface area contributed by atoms with E-state index < -0.39 is 58.3 Å². The first-order valence-corrected chi connectivity index (χ1v) is 9.18. The highest BCUT2D eigenvalue weighted by Crippen LogP contribution is 2.36. The van der Waals surface area contributed by atoms with Gasteiger partial charge in [0, 0.05) is 28.4 Å². The summed E-state index contributed by atoms with van der Waals surface area (Å²) in [4.78, 5) is 45.5. The SMILES string of the molecule is O=C(COC(=O)CNC(=O)c1cc(Cl)cc([N+](=O)[O-])c1)Nc1ccc(Cl)c(C(F)(F)F)c1. The highest BCUT2D eigenvalue weighted by Gasteiger charge is 2.33. The Morgan fingerprint density at radius 2 is 1.78 bits per heavy atom. The molecule has 0 bridgehead atoms. The fourth-order valence-electron chi connectivity index (χ4n) is 2.28. The van der Waals surface area contributed by atoms with E-state index >= 15 is 0 Å². The first-order chi connectivity index (χ1) is 14.9. The molecule has 2 aromatic rings. The van der Waals surface area contributed by atoms with Crippen LogP contribution in [0.2, 0.25) is 10.0 Å². The number of rotatable bonds is 7.